The topological polar surface area (TPSA) is 163 Å². The minimum Gasteiger partial charge on any atom is -0.491 e. The Kier molecular flexibility index (Phi) is 9.46. The second-order valence-electron chi connectivity index (χ2n) is 10.5. The molecule has 5 rings (SSSR count). The van der Waals surface area contributed by atoms with Crippen molar-refractivity contribution in [3.63, 3.8) is 0 Å². The maximum atomic E-state index is 11.3. The van der Waals surface area contributed by atoms with E-state index >= 15 is 0 Å². The first-order valence-electron chi connectivity index (χ1n) is 13.2. The molecule has 0 radical (unpaired) electrons. The number of aliphatic hydroxyl groups is 2. The molecule has 0 aliphatic carbocycles. The van der Waals surface area contributed by atoms with Crippen LogP contribution in [0.5, 0.6) is 11.5 Å². The lowest BCUT2D eigenvalue weighted by Gasteiger charge is -2.54. The van der Waals surface area contributed by atoms with Crippen LogP contribution in [0.25, 0.3) is 0 Å². The summed E-state index contributed by atoms with van der Waals surface area (Å²) in [6.07, 6.45) is -1.39. The van der Waals surface area contributed by atoms with E-state index in [1.807, 2.05) is 6.07 Å². The summed E-state index contributed by atoms with van der Waals surface area (Å²) in [7, 11) is 0. The number of amides is 1. The van der Waals surface area contributed by atoms with E-state index in [1.165, 1.54) is 4.90 Å². The molecule has 1 amide bonds. The second-order valence-corrected chi connectivity index (χ2v) is 10.5. The molecule has 2 bridgehead atoms. The number of carbonyl (C=O) groups is 1. The standard InChI is InChI=1S/C19H25N3O5.C10H9NO2/c1-19(26)14-7-21(8-15(19)10-22(9-14)18(24)25)11-16(23)12-27-17-4-2-13(6-20)3-5-17;11-5-8-1-3-9(4-2-8)12-6-10-7-13-10/h2-5,14-16,23,26H,7-12H2,1H3,(H,24,25);1-4,10H,6-7H2/t14?,15?,16-,19?;10-/m01/s1. The lowest BCUT2D eigenvalue weighted by atomic mass is 9.71. The highest BCUT2D eigenvalue weighted by molar-refractivity contribution is 5.65. The van der Waals surface area contributed by atoms with Gasteiger partial charge in [-0.05, 0) is 55.5 Å². The molecule has 3 aliphatic heterocycles. The summed E-state index contributed by atoms with van der Waals surface area (Å²) in [5.74, 6) is 0.999. The molecule has 4 atom stereocenters. The van der Waals surface area contributed by atoms with Crippen molar-refractivity contribution >= 4 is 6.09 Å². The van der Waals surface area contributed by atoms with E-state index in [9.17, 15) is 20.1 Å². The molecule has 2 aromatic rings. The smallest absolute Gasteiger partial charge is 0.407 e. The summed E-state index contributed by atoms with van der Waals surface area (Å²) in [5, 5.41) is 47.6. The number of likely N-dealkylation sites (tertiary alicyclic amines) is 2. The van der Waals surface area contributed by atoms with Crippen molar-refractivity contribution in [2.24, 2.45) is 11.8 Å². The van der Waals surface area contributed by atoms with Gasteiger partial charge in [-0.25, -0.2) is 4.79 Å². The van der Waals surface area contributed by atoms with Crippen molar-refractivity contribution in [1.82, 2.24) is 9.80 Å². The quantitative estimate of drug-likeness (QED) is 0.414. The van der Waals surface area contributed by atoms with Gasteiger partial charge in [-0.15, -0.1) is 0 Å². The highest BCUT2D eigenvalue weighted by Crippen LogP contribution is 2.37. The monoisotopic (exact) mass is 550 g/mol. The maximum Gasteiger partial charge on any atom is 0.407 e. The Morgan fingerprint density at radius 3 is 1.95 bits per heavy atom. The summed E-state index contributed by atoms with van der Waals surface area (Å²) in [4.78, 5) is 14.7. The van der Waals surface area contributed by atoms with Crippen LogP contribution in [0.4, 0.5) is 4.79 Å². The molecule has 2 unspecified atom stereocenters. The van der Waals surface area contributed by atoms with Crippen LogP contribution in [-0.4, -0.2) is 102 Å². The van der Waals surface area contributed by atoms with Crippen molar-refractivity contribution in [3.05, 3.63) is 59.7 Å². The fourth-order valence-electron chi connectivity index (χ4n) is 4.95. The van der Waals surface area contributed by atoms with Gasteiger partial charge in [0.05, 0.1) is 35.5 Å². The second kappa shape index (κ2) is 13.0. The minimum absolute atomic E-state index is 0.120. The first-order valence-corrected chi connectivity index (χ1v) is 13.2. The average molecular weight is 551 g/mol. The number of carboxylic acid groups (broad SMARTS) is 1. The third-order valence-electron chi connectivity index (χ3n) is 7.48. The van der Waals surface area contributed by atoms with Gasteiger partial charge in [0.1, 0.15) is 36.9 Å². The molecule has 0 saturated carbocycles. The average Bonchev–Trinajstić information content (AvgIpc) is 3.76. The van der Waals surface area contributed by atoms with Gasteiger partial charge in [0.15, 0.2) is 0 Å². The fraction of sp³-hybridized carbons (Fsp3) is 0.483. The number of β-amino-alcohol motifs (C(OH)–C–C–N with tert-alkyl or cyclic N) is 1. The third-order valence-corrected chi connectivity index (χ3v) is 7.48. The van der Waals surface area contributed by atoms with Crippen molar-refractivity contribution in [1.29, 1.82) is 10.5 Å². The van der Waals surface area contributed by atoms with E-state index in [2.05, 4.69) is 11.0 Å². The van der Waals surface area contributed by atoms with E-state index in [0.29, 0.717) is 56.2 Å². The van der Waals surface area contributed by atoms with Crippen LogP contribution in [0.15, 0.2) is 48.5 Å². The molecule has 40 heavy (non-hydrogen) atoms. The van der Waals surface area contributed by atoms with Gasteiger partial charge in [-0.2, -0.15) is 10.5 Å². The molecule has 3 aliphatic rings. The molecule has 11 nitrogen and oxygen atoms in total. The number of benzene rings is 2. The number of fused-ring (bicyclic) bond motifs is 2. The van der Waals surface area contributed by atoms with Crippen molar-refractivity contribution in [2.75, 3.05) is 52.5 Å². The molecule has 0 spiro atoms. The van der Waals surface area contributed by atoms with E-state index < -0.39 is 17.8 Å². The first-order chi connectivity index (χ1) is 19.2. The van der Waals surface area contributed by atoms with Gasteiger partial charge in [0.25, 0.3) is 0 Å². The molecule has 3 heterocycles. The van der Waals surface area contributed by atoms with E-state index in [4.69, 9.17) is 24.7 Å². The minimum atomic E-state index is -0.954. The predicted molar refractivity (Wildman–Crippen MR) is 143 cm³/mol. The Morgan fingerprint density at radius 1 is 1.00 bits per heavy atom. The summed E-state index contributed by atoms with van der Waals surface area (Å²) in [5.41, 5.74) is 0.298. The number of hydrogen-bond donors (Lipinski definition) is 3. The van der Waals surface area contributed by atoms with Crippen LogP contribution in [0.3, 0.4) is 0 Å². The molecule has 212 valence electrons. The van der Waals surface area contributed by atoms with E-state index in [-0.39, 0.29) is 24.5 Å². The van der Waals surface area contributed by atoms with Gasteiger partial charge in [-0.3, -0.25) is 4.90 Å². The zero-order chi connectivity index (χ0) is 28.7. The van der Waals surface area contributed by atoms with Gasteiger partial charge in [0.2, 0.25) is 0 Å². The van der Waals surface area contributed by atoms with Gasteiger partial charge >= 0.3 is 6.09 Å². The highest BCUT2D eigenvalue weighted by Gasteiger charge is 2.50. The number of epoxide rings is 1. The van der Waals surface area contributed by atoms with Crippen LogP contribution >= 0.6 is 0 Å². The normalized spacial score (nSPS) is 25.8. The lowest BCUT2D eigenvalue weighted by Crippen LogP contribution is -2.67. The van der Waals surface area contributed by atoms with Gasteiger partial charge in [-0.1, -0.05) is 0 Å². The van der Waals surface area contributed by atoms with Crippen LogP contribution in [0.2, 0.25) is 0 Å². The highest BCUT2D eigenvalue weighted by atomic mass is 16.6. The number of hydrogen-bond acceptors (Lipinski definition) is 9. The molecule has 3 N–H and O–H groups in total. The summed E-state index contributed by atoms with van der Waals surface area (Å²) >= 11 is 0. The number of nitrogens with zero attached hydrogens (tertiary/aromatic N) is 4. The van der Waals surface area contributed by atoms with Crippen LogP contribution in [0.1, 0.15) is 18.1 Å². The Balaban J connectivity index is 0.000000236. The van der Waals surface area contributed by atoms with Gasteiger partial charge < -0.3 is 34.4 Å². The number of rotatable bonds is 8. The Labute approximate surface area is 233 Å². The lowest BCUT2D eigenvalue weighted by molar-refractivity contribution is -0.145. The molecule has 11 heteroatoms. The molecule has 2 aromatic carbocycles. The molecule has 3 fully saturated rings. The molecule has 3 saturated heterocycles. The zero-order valence-corrected chi connectivity index (χ0v) is 22.3. The number of nitriles is 2. The van der Waals surface area contributed by atoms with Crippen molar-refractivity contribution < 1.29 is 34.3 Å². The Bertz CT molecular complexity index is 1200. The SMILES string of the molecule is CC1(O)C2CN(C[C@H](O)COc3ccc(C#N)cc3)CC1CN(C(=O)O)C2.N#Cc1ccc(OC[C@@H]2CO2)cc1. The van der Waals surface area contributed by atoms with Gasteiger partial charge in [0, 0.05) is 44.6 Å². The summed E-state index contributed by atoms with van der Waals surface area (Å²) < 4.78 is 16.0. The maximum absolute atomic E-state index is 11.3. The predicted octanol–water partition coefficient (Wildman–Crippen LogP) is 1.93. The van der Waals surface area contributed by atoms with Crippen LogP contribution in [0, 0.1) is 34.5 Å². The molecular weight excluding hydrogens is 516 g/mol. The largest absolute Gasteiger partial charge is 0.491 e. The van der Waals surface area contributed by atoms with E-state index in [0.717, 1.165) is 12.4 Å². The third kappa shape index (κ3) is 7.84. The summed E-state index contributed by atoms with van der Waals surface area (Å²) in [6.45, 7) is 5.36. The van der Waals surface area contributed by atoms with Crippen molar-refractivity contribution in [3.8, 4) is 23.6 Å². The Hall–Kier alpha value is -3.87. The zero-order valence-electron chi connectivity index (χ0n) is 22.3. The van der Waals surface area contributed by atoms with Crippen LogP contribution in [-0.2, 0) is 4.74 Å². The molecular formula is C29H34N4O7. The fourth-order valence-corrected chi connectivity index (χ4v) is 4.95. The number of ether oxygens (including phenoxy) is 3. The summed E-state index contributed by atoms with van der Waals surface area (Å²) in [6, 6.07) is 17.8. The van der Waals surface area contributed by atoms with Crippen molar-refractivity contribution in [2.45, 2.75) is 24.7 Å². The number of aliphatic hydroxyl groups excluding tert-OH is 1. The molecule has 0 aromatic heterocycles. The Morgan fingerprint density at radius 2 is 1.50 bits per heavy atom. The van der Waals surface area contributed by atoms with Crippen LogP contribution < -0.4 is 9.47 Å². The first kappa shape index (κ1) is 29.1. The van der Waals surface area contributed by atoms with E-state index in [1.54, 1.807) is 55.5 Å². The number of piperidine rings is 2.